The molecule has 138 valence electrons. The number of hydrogen-bond donors (Lipinski definition) is 0. The van der Waals surface area contributed by atoms with E-state index in [9.17, 15) is 4.79 Å². The minimum atomic E-state index is -0.0817. The molecule has 26 heavy (non-hydrogen) atoms. The van der Waals surface area contributed by atoms with E-state index in [1.807, 2.05) is 46.2 Å². The van der Waals surface area contributed by atoms with Crippen LogP contribution in [0.3, 0.4) is 0 Å². The van der Waals surface area contributed by atoms with Crippen LogP contribution in [-0.2, 0) is 9.47 Å². The van der Waals surface area contributed by atoms with Gasteiger partial charge in [-0.2, -0.15) is 0 Å². The molecule has 7 heteroatoms. The van der Waals surface area contributed by atoms with E-state index < -0.39 is 0 Å². The zero-order valence-electron chi connectivity index (χ0n) is 14.8. The lowest BCUT2D eigenvalue weighted by atomic mass is 9.95. The maximum atomic E-state index is 12.9. The Hall–Kier alpha value is -1.83. The van der Waals surface area contributed by atoms with Crippen molar-refractivity contribution in [1.29, 1.82) is 0 Å². The van der Waals surface area contributed by atoms with Gasteiger partial charge in [0.2, 0.25) is 0 Å². The van der Waals surface area contributed by atoms with Gasteiger partial charge in [0.15, 0.2) is 11.4 Å². The minimum absolute atomic E-state index is 0.0817. The highest BCUT2D eigenvalue weighted by molar-refractivity contribution is 7.98. The first-order valence-corrected chi connectivity index (χ1v) is 10.2. The van der Waals surface area contributed by atoms with Crippen molar-refractivity contribution in [2.24, 2.45) is 5.92 Å². The molecule has 1 aromatic heterocycles. The van der Waals surface area contributed by atoms with Crippen molar-refractivity contribution < 1.29 is 14.3 Å². The number of hydrogen-bond acceptors (Lipinski definition) is 5. The predicted molar refractivity (Wildman–Crippen MR) is 99.7 cm³/mol. The third-order valence-electron chi connectivity index (χ3n) is 5.02. The summed E-state index contributed by atoms with van der Waals surface area (Å²) in [6.45, 7) is 2.86. The Morgan fingerprint density at radius 2 is 2.00 bits per heavy atom. The van der Waals surface area contributed by atoms with Gasteiger partial charge in [0.25, 0.3) is 5.91 Å². The molecule has 3 heterocycles. The minimum Gasteiger partial charge on any atom is -0.350 e. The lowest BCUT2D eigenvalue weighted by molar-refractivity contribution is -0.0956. The van der Waals surface area contributed by atoms with Crippen molar-refractivity contribution in [1.82, 2.24) is 14.5 Å². The van der Waals surface area contributed by atoms with Crippen LogP contribution in [0.5, 0.6) is 0 Å². The summed E-state index contributed by atoms with van der Waals surface area (Å²) in [5, 5.41) is 0.909. The molecule has 0 N–H and O–H groups in total. The van der Waals surface area contributed by atoms with Crippen molar-refractivity contribution in [2.45, 2.75) is 24.3 Å². The average Bonchev–Trinajstić information content (AvgIpc) is 3.39. The maximum absolute atomic E-state index is 12.9. The van der Waals surface area contributed by atoms with Crippen LogP contribution in [0, 0.1) is 5.92 Å². The number of ether oxygens (including phenoxy) is 2. The molecule has 2 aliphatic heterocycles. The molecule has 2 fully saturated rings. The molecular formula is C19H23N3O3S. The number of imidazole rings is 1. The largest absolute Gasteiger partial charge is 0.350 e. The molecule has 1 aromatic carbocycles. The van der Waals surface area contributed by atoms with E-state index in [0.29, 0.717) is 19.1 Å². The zero-order valence-corrected chi connectivity index (χ0v) is 15.7. The van der Waals surface area contributed by atoms with E-state index in [2.05, 4.69) is 4.98 Å². The van der Waals surface area contributed by atoms with E-state index in [1.165, 1.54) is 0 Å². The van der Waals surface area contributed by atoms with Crippen LogP contribution in [0.1, 0.15) is 23.2 Å². The molecule has 0 radical (unpaired) electrons. The van der Waals surface area contributed by atoms with E-state index in [1.54, 1.807) is 18.0 Å². The number of amides is 1. The van der Waals surface area contributed by atoms with Gasteiger partial charge in [-0.1, -0.05) is 17.8 Å². The fourth-order valence-corrected chi connectivity index (χ4v) is 4.16. The topological polar surface area (TPSA) is 56.6 Å². The van der Waals surface area contributed by atoms with Gasteiger partial charge >= 0.3 is 0 Å². The van der Waals surface area contributed by atoms with Gasteiger partial charge in [0, 0.05) is 42.7 Å². The number of benzene rings is 1. The van der Waals surface area contributed by atoms with Crippen LogP contribution in [0.15, 0.2) is 41.8 Å². The first-order valence-electron chi connectivity index (χ1n) is 8.96. The summed E-state index contributed by atoms with van der Waals surface area (Å²) in [5.41, 5.74) is 1.68. The lowest BCUT2D eigenvalue weighted by Crippen LogP contribution is -2.41. The van der Waals surface area contributed by atoms with Gasteiger partial charge in [0.1, 0.15) is 0 Å². The first-order chi connectivity index (χ1) is 12.8. The van der Waals surface area contributed by atoms with Gasteiger partial charge < -0.3 is 14.4 Å². The number of nitrogens with zero attached hydrogens (tertiary/aromatic N) is 3. The van der Waals surface area contributed by atoms with Crippen molar-refractivity contribution in [3.8, 4) is 5.69 Å². The summed E-state index contributed by atoms with van der Waals surface area (Å²) in [6, 6.07) is 7.76. The van der Waals surface area contributed by atoms with Gasteiger partial charge in [-0.05, 0) is 37.3 Å². The van der Waals surface area contributed by atoms with Gasteiger partial charge in [-0.3, -0.25) is 9.36 Å². The molecule has 2 aromatic rings. The number of aromatic nitrogens is 2. The highest BCUT2D eigenvalue weighted by atomic mass is 32.2. The third-order valence-corrected chi connectivity index (χ3v) is 5.69. The van der Waals surface area contributed by atoms with E-state index in [4.69, 9.17) is 9.47 Å². The summed E-state index contributed by atoms with van der Waals surface area (Å²) in [4.78, 5) is 19.2. The molecule has 0 aliphatic carbocycles. The third kappa shape index (κ3) is 3.51. The number of carbonyl (C=O) groups is 1. The second-order valence-corrected chi connectivity index (χ2v) is 7.35. The number of carbonyl (C=O) groups excluding carboxylic acids is 1. The summed E-state index contributed by atoms with van der Waals surface area (Å²) < 4.78 is 13.2. The standard InChI is InChI=1S/C19H23N3O3S/c1-26-19-20-7-10-22(19)16-4-2-3-15(13-16)17(23)21-8-5-14(6-9-21)18-24-11-12-25-18/h2-4,7,10,13-14,18H,5-6,8-9,11-12H2,1H3. The molecule has 4 rings (SSSR count). The normalized spacial score (nSPS) is 19.2. The monoisotopic (exact) mass is 373 g/mol. The van der Waals surface area contributed by atoms with E-state index in [0.717, 1.165) is 42.3 Å². The number of thioether (sulfide) groups is 1. The SMILES string of the molecule is CSc1nccn1-c1cccc(C(=O)N2CCC(C3OCCO3)CC2)c1. The van der Waals surface area contributed by atoms with Crippen LogP contribution in [0.25, 0.3) is 5.69 Å². The fourth-order valence-electron chi connectivity index (χ4n) is 3.63. The van der Waals surface area contributed by atoms with Crippen molar-refractivity contribution in [3.63, 3.8) is 0 Å². The highest BCUT2D eigenvalue weighted by Crippen LogP contribution is 2.27. The lowest BCUT2D eigenvalue weighted by Gasteiger charge is -2.34. The summed E-state index contributed by atoms with van der Waals surface area (Å²) in [7, 11) is 0. The predicted octanol–water partition coefficient (Wildman–Crippen LogP) is 2.82. The second-order valence-electron chi connectivity index (χ2n) is 6.57. The Balaban J connectivity index is 1.45. The quantitative estimate of drug-likeness (QED) is 0.772. The van der Waals surface area contributed by atoms with Crippen LogP contribution >= 0.6 is 11.8 Å². The highest BCUT2D eigenvalue weighted by Gasteiger charge is 2.32. The van der Waals surface area contributed by atoms with Crippen LogP contribution in [0.4, 0.5) is 0 Å². The first kappa shape index (κ1) is 17.6. The molecule has 0 saturated carbocycles. The number of likely N-dealkylation sites (tertiary alicyclic amines) is 1. The molecule has 0 atom stereocenters. The van der Waals surface area contributed by atoms with Crippen LogP contribution in [0.2, 0.25) is 0 Å². The average molecular weight is 373 g/mol. The van der Waals surface area contributed by atoms with E-state index >= 15 is 0 Å². The molecule has 2 saturated heterocycles. The maximum Gasteiger partial charge on any atom is 0.253 e. The van der Waals surface area contributed by atoms with Gasteiger partial charge in [0.05, 0.1) is 13.2 Å². The fraction of sp³-hybridized carbons (Fsp3) is 0.474. The van der Waals surface area contributed by atoms with Crippen molar-refractivity contribution in [3.05, 3.63) is 42.2 Å². The molecule has 1 amide bonds. The smallest absolute Gasteiger partial charge is 0.253 e. The zero-order chi connectivity index (χ0) is 17.9. The molecule has 0 bridgehead atoms. The number of rotatable bonds is 4. The van der Waals surface area contributed by atoms with Crippen LogP contribution < -0.4 is 0 Å². The Bertz CT molecular complexity index is 765. The Morgan fingerprint density at radius 3 is 2.73 bits per heavy atom. The summed E-state index contributed by atoms with van der Waals surface area (Å²) in [5.74, 6) is 0.479. The van der Waals surface area contributed by atoms with Crippen LogP contribution in [-0.4, -0.2) is 59.2 Å². The molecule has 0 spiro atoms. The summed E-state index contributed by atoms with van der Waals surface area (Å²) >= 11 is 1.58. The second kappa shape index (κ2) is 7.82. The Morgan fingerprint density at radius 1 is 1.23 bits per heavy atom. The van der Waals surface area contributed by atoms with E-state index in [-0.39, 0.29) is 12.2 Å². The number of piperidine rings is 1. The molecule has 0 unspecified atom stereocenters. The molecule has 6 nitrogen and oxygen atoms in total. The Kier molecular flexibility index (Phi) is 5.28. The van der Waals surface area contributed by atoms with Gasteiger partial charge in [-0.25, -0.2) is 4.98 Å². The van der Waals surface area contributed by atoms with Gasteiger partial charge in [-0.15, -0.1) is 0 Å². The molecule has 2 aliphatic rings. The molecular weight excluding hydrogens is 350 g/mol. The van der Waals surface area contributed by atoms with Crippen molar-refractivity contribution >= 4 is 17.7 Å². The van der Waals surface area contributed by atoms with Crippen molar-refractivity contribution in [2.75, 3.05) is 32.6 Å². The summed E-state index contributed by atoms with van der Waals surface area (Å²) in [6.07, 6.45) is 7.46. The Labute approximate surface area is 157 Å².